The first kappa shape index (κ1) is 12.6. The molecule has 88 valence electrons. The molecule has 0 fully saturated rings. The molecule has 0 bridgehead atoms. The van der Waals surface area contributed by atoms with Crippen LogP contribution in [-0.2, 0) is 4.79 Å². The Hall–Kier alpha value is -1.51. The molecule has 0 aromatic heterocycles. The summed E-state index contributed by atoms with van der Waals surface area (Å²) < 4.78 is 0. The van der Waals surface area contributed by atoms with E-state index in [1.165, 1.54) is 5.56 Å². The number of carboxylic acids is 1. The van der Waals surface area contributed by atoms with Crippen molar-refractivity contribution in [1.82, 2.24) is 0 Å². The Morgan fingerprint density at radius 3 is 2.25 bits per heavy atom. The van der Waals surface area contributed by atoms with Gasteiger partial charge in [-0.15, -0.1) is 0 Å². The van der Waals surface area contributed by atoms with E-state index in [1.54, 1.807) is 6.92 Å². The summed E-state index contributed by atoms with van der Waals surface area (Å²) in [5, 5.41) is 12.0. The maximum absolute atomic E-state index is 10.7. The lowest BCUT2D eigenvalue weighted by Crippen LogP contribution is -2.20. The highest BCUT2D eigenvalue weighted by Crippen LogP contribution is 2.22. The first-order chi connectivity index (χ1) is 7.41. The van der Waals surface area contributed by atoms with Gasteiger partial charge in [0.1, 0.15) is 0 Å². The van der Waals surface area contributed by atoms with Crippen LogP contribution in [0.4, 0.5) is 5.69 Å². The lowest BCUT2D eigenvalue weighted by Gasteiger charge is -2.15. The average molecular weight is 221 g/mol. The minimum atomic E-state index is -0.769. The Labute approximate surface area is 96.5 Å². The number of benzene rings is 1. The molecule has 0 saturated heterocycles. The molecular weight excluding hydrogens is 202 g/mol. The van der Waals surface area contributed by atoms with E-state index in [0.717, 1.165) is 16.8 Å². The van der Waals surface area contributed by atoms with Gasteiger partial charge in [-0.1, -0.05) is 24.6 Å². The van der Waals surface area contributed by atoms with Crippen molar-refractivity contribution in [3.05, 3.63) is 28.8 Å². The van der Waals surface area contributed by atoms with Gasteiger partial charge < -0.3 is 10.4 Å². The molecule has 0 amide bonds. The van der Waals surface area contributed by atoms with Crippen LogP contribution >= 0.6 is 0 Å². The third-order valence-corrected chi connectivity index (χ3v) is 2.68. The second-order valence-electron chi connectivity index (χ2n) is 4.39. The summed E-state index contributed by atoms with van der Waals surface area (Å²) >= 11 is 0. The molecule has 0 heterocycles. The molecule has 2 N–H and O–H groups in total. The van der Waals surface area contributed by atoms with Crippen LogP contribution in [0.1, 0.15) is 23.6 Å². The normalized spacial score (nSPS) is 12.2. The Kier molecular flexibility index (Phi) is 3.93. The number of aryl methyl sites for hydroxylation is 3. The minimum Gasteiger partial charge on any atom is -0.481 e. The molecule has 1 aromatic rings. The summed E-state index contributed by atoms with van der Waals surface area (Å²) in [6, 6.07) is 4.20. The van der Waals surface area contributed by atoms with Crippen molar-refractivity contribution in [3.8, 4) is 0 Å². The van der Waals surface area contributed by atoms with Crippen LogP contribution in [0.2, 0.25) is 0 Å². The standard InChI is InChI=1S/C13H19NO2/c1-8-5-9(2)12(10(3)6-8)14-7-11(4)13(15)16/h5-6,11,14H,7H2,1-4H3,(H,15,16). The van der Waals surface area contributed by atoms with Crippen LogP contribution in [0.25, 0.3) is 0 Å². The summed E-state index contributed by atoms with van der Waals surface area (Å²) in [5.74, 6) is -1.14. The van der Waals surface area contributed by atoms with Crippen LogP contribution < -0.4 is 5.32 Å². The van der Waals surface area contributed by atoms with Crippen molar-refractivity contribution >= 4 is 11.7 Å². The van der Waals surface area contributed by atoms with Crippen molar-refractivity contribution in [3.63, 3.8) is 0 Å². The van der Waals surface area contributed by atoms with Gasteiger partial charge in [0.2, 0.25) is 0 Å². The van der Waals surface area contributed by atoms with Gasteiger partial charge in [-0.05, 0) is 31.9 Å². The topological polar surface area (TPSA) is 49.3 Å². The minimum absolute atomic E-state index is 0.375. The second-order valence-corrected chi connectivity index (χ2v) is 4.39. The quantitative estimate of drug-likeness (QED) is 0.822. The van der Waals surface area contributed by atoms with E-state index < -0.39 is 5.97 Å². The van der Waals surface area contributed by atoms with Gasteiger partial charge in [0, 0.05) is 12.2 Å². The molecule has 0 aliphatic rings. The number of hydrogen-bond donors (Lipinski definition) is 2. The SMILES string of the molecule is Cc1cc(C)c(NCC(C)C(=O)O)c(C)c1. The third-order valence-electron chi connectivity index (χ3n) is 2.68. The van der Waals surface area contributed by atoms with Crippen molar-refractivity contribution in [2.45, 2.75) is 27.7 Å². The zero-order valence-corrected chi connectivity index (χ0v) is 10.3. The van der Waals surface area contributed by atoms with Crippen molar-refractivity contribution in [2.24, 2.45) is 5.92 Å². The zero-order valence-electron chi connectivity index (χ0n) is 10.3. The number of anilines is 1. The Morgan fingerprint density at radius 1 is 1.31 bits per heavy atom. The van der Waals surface area contributed by atoms with Gasteiger partial charge in [-0.2, -0.15) is 0 Å². The van der Waals surface area contributed by atoms with E-state index in [4.69, 9.17) is 5.11 Å². The number of nitrogens with one attached hydrogen (secondary N) is 1. The highest BCUT2D eigenvalue weighted by molar-refractivity contribution is 5.70. The van der Waals surface area contributed by atoms with E-state index in [-0.39, 0.29) is 5.92 Å². The van der Waals surface area contributed by atoms with Crippen molar-refractivity contribution in [1.29, 1.82) is 0 Å². The number of rotatable bonds is 4. The van der Waals surface area contributed by atoms with E-state index >= 15 is 0 Å². The molecular formula is C13H19NO2. The van der Waals surface area contributed by atoms with E-state index in [9.17, 15) is 4.79 Å². The molecule has 1 rings (SSSR count). The van der Waals surface area contributed by atoms with Gasteiger partial charge in [0.25, 0.3) is 0 Å². The molecule has 16 heavy (non-hydrogen) atoms. The summed E-state index contributed by atoms with van der Waals surface area (Å²) in [6.45, 7) is 8.29. The van der Waals surface area contributed by atoms with Gasteiger partial charge in [-0.3, -0.25) is 4.79 Å². The Bertz CT molecular complexity index is 376. The molecule has 0 saturated carbocycles. The van der Waals surface area contributed by atoms with Crippen LogP contribution in [0, 0.1) is 26.7 Å². The largest absolute Gasteiger partial charge is 0.481 e. The van der Waals surface area contributed by atoms with Gasteiger partial charge in [-0.25, -0.2) is 0 Å². The van der Waals surface area contributed by atoms with E-state index in [2.05, 4.69) is 24.4 Å². The van der Waals surface area contributed by atoms with Gasteiger partial charge in [0.15, 0.2) is 0 Å². The fourth-order valence-corrected chi connectivity index (χ4v) is 1.80. The average Bonchev–Trinajstić information content (AvgIpc) is 2.15. The maximum atomic E-state index is 10.7. The van der Waals surface area contributed by atoms with Crippen molar-refractivity contribution < 1.29 is 9.90 Å². The molecule has 0 aliphatic heterocycles. The predicted molar refractivity (Wildman–Crippen MR) is 65.9 cm³/mol. The molecule has 1 aromatic carbocycles. The zero-order chi connectivity index (χ0) is 12.3. The summed E-state index contributed by atoms with van der Waals surface area (Å²) in [4.78, 5) is 10.7. The Balaban J connectivity index is 2.78. The van der Waals surface area contributed by atoms with Crippen LogP contribution in [0.5, 0.6) is 0 Å². The first-order valence-electron chi connectivity index (χ1n) is 5.46. The molecule has 0 spiro atoms. The lowest BCUT2D eigenvalue weighted by molar-refractivity contribution is -0.140. The summed E-state index contributed by atoms with van der Waals surface area (Å²) in [7, 11) is 0. The molecule has 3 nitrogen and oxygen atoms in total. The summed E-state index contributed by atoms with van der Waals surface area (Å²) in [6.07, 6.45) is 0. The smallest absolute Gasteiger partial charge is 0.308 e. The van der Waals surface area contributed by atoms with Crippen molar-refractivity contribution in [2.75, 3.05) is 11.9 Å². The number of carbonyl (C=O) groups is 1. The lowest BCUT2D eigenvalue weighted by atomic mass is 10.0. The summed E-state index contributed by atoms with van der Waals surface area (Å²) in [5.41, 5.74) is 4.61. The molecule has 0 aliphatic carbocycles. The molecule has 1 atom stereocenters. The molecule has 1 unspecified atom stereocenters. The monoisotopic (exact) mass is 221 g/mol. The Morgan fingerprint density at radius 2 is 1.81 bits per heavy atom. The fourth-order valence-electron chi connectivity index (χ4n) is 1.80. The van der Waals surface area contributed by atoms with E-state index in [0.29, 0.717) is 6.54 Å². The third kappa shape index (κ3) is 2.99. The van der Waals surface area contributed by atoms with Crippen LogP contribution in [-0.4, -0.2) is 17.6 Å². The predicted octanol–water partition coefficient (Wildman–Crippen LogP) is 2.74. The van der Waals surface area contributed by atoms with Gasteiger partial charge >= 0.3 is 5.97 Å². The molecule has 0 radical (unpaired) electrons. The first-order valence-corrected chi connectivity index (χ1v) is 5.46. The van der Waals surface area contributed by atoms with Crippen LogP contribution in [0.3, 0.4) is 0 Å². The number of carboxylic acid groups (broad SMARTS) is 1. The second kappa shape index (κ2) is 5.01. The maximum Gasteiger partial charge on any atom is 0.308 e. The fraction of sp³-hybridized carbons (Fsp3) is 0.462. The highest BCUT2D eigenvalue weighted by atomic mass is 16.4. The highest BCUT2D eigenvalue weighted by Gasteiger charge is 2.11. The number of hydrogen-bond acceptors (Lipinski definition) is 2. The van der Waals surface area contributed by atoms with E-state index in [1.807, 2.05) is 13.8 Å². The number of aliphatic carboxylic acids is 1. The van der Waals surface area contributed by atoms with Gasteiger partial charge in [0.05, 0.1) is 5.92 Å². The molecule has 3 heteroatoms. The van der Waals surface area contributed by atoms with Crippen LogP contribution in [0.15, 0.2) is 12.1 Å².